The predicted octanol–water partition coefficient (Wildman–Crippen LogP) is 2.56. The molecule has 2 aromatic rings. The van der Waals surface area contributed by atoms with Crippen LogP contribution in [0.2, 0.25) is 0 Å². The number of H-pyrrole nitrogens is 1. The van der Waals surface area contributed by atoms with Gasteiger partial charge in [-0.2, -0.15) is 0 Å². The zero-order chi connectivity index (χ0) is 19.4. The van der Waals surface area contributed by atoms with Crippen molar-refractivity contribution in [2.24, 2.45) is 0 Å². The third kappa shape index (κ3) is 4.32. The van der Waals surface area contributed by atoms with Crippen molar-refractivity contribution in [1.82, 2.24) is 14.8 Å². The minimum absolute atomic E-state index is 0.0427. The number of rotatable bonds is 4. The molecule has 27 heavy (non-hydrogen) atoms. The van der Waals surface area contributed by atoms with Crippen LogP contribution in [0, 0.1) is 13.8 Å². The van der Waals surface area contributed by atoms with Crippen LogP contribution in [-0.4, -0.2) is 59.9 Å². The molecule has 0 unspecified atom stereocenters. The molecule has 6 heteroatoms. The van der Waals surface area contributed by atoms with Crippen LogP contribution in [0.4, 0.5) is 0 Å². The Bertz CT molecular complexity index is 828. The van der Waals surface area contributed by atoms with Gasteiger partial charge in [-0.3, -0.25) is 9.59 Å². The number of methoxy groups -OCH3 is 1. The fourth-order valence-electron chi connectivity index (χ4n) is 3.60. The first-order valence-electron chi connectivity index (χ1n) is 9.34. The van der Waals surface area contributed by atoms with Crippen molar-refractivity contribution in [1.29, 1.82) is 0 Å². The Morgan fingerprint density at radius 3 is 2.48 bits per heavy atom. The Hall–Kier alpha value is -2.76. The van der Waals surface area contributed by atoms with Crippen LogP contribution in [0.25, 0.3) is 0 Å². The highest BCUT2D eigenvalue weighted by Crippen LogP contribution is 2.20. The van der Waals surface area contributed by atoms with Gasteiger partial charge in [0.05, 0.1) is 19.1 Å². The number of ether oxygens (including phenoxy) is 1. The SMILES string of the molecule is COc1ccccc1C(=O)N1CCCN(C(=O)Cc2cc(C)[nH]c2C)CC1. The molecular formula is C21H27N3O3. The molecule has 1 fully saturated rings. The van der Waals surface area contributed by atoms with E-state index in [0.717, 1.165) is 23.4 Å². The number of aromatic amines is 1. The molecule has 1 saturated heterocycles. The second-order valence-electron chi connectivity index (χ2n) is 7.01. The number of carbonyl (C=O) groups is 2. The summed E-state index contributed by atoms with van der Waals surface area (Å²) in [5, 5.41) is 0. The Balaban J connectivity index is 1.64. The largest absolute Gasteiger partial charge is 0.496 e. The van der Waals surface area contributed by atoms with E-state index >= 15 is 0 Å². The van der Waals surface area contributed by atoms with Gasteiger partial charge < -0.3 is 19.5 Å². The fourth-order valence-corrected chi connectivity index (χ4v) is 3.60. The fraction of sp³-hybridized carbons (Fsp3) is 0.429. The van der Waals surface area contributed by atoms with Crippen molar-refractivity contribution in [2.75, 3.05) is 33.3 Å². The highest BCUT2D eigenvalue weighted by molar-refractivity contribution is 5.97. The van der Waals surface area contributed by atoms with Gasteiger partial charge in [0, 0.05) is 37.6 Å². The average molecular weight is 369 g/mol. The Kier molecular flexibility index (Phi) is 5.84. The van der Waals surface area contributed by atoms with Gasteiger partial charge >= 0.3 is 0 Å². The number of hydrogen-bond acceptors (Lipinski definition) is 3. The molecule has 1 N–H and O–H groups in total. The zero-order valence-electron chi connectivity index (χ0n) is 16.2. The zero-order valence-corrected chi connectivity index (χ0v) is 16.2. The monoisotopic (exact) mass is 369 g/mol. The third-order valence-corrected chi connectivity index (χ3v) is 5.07. The van der Waals surface area contributed by atoms with Crippen LogP contribution >= 0.6 is 0 Å². The number of benzene rings is 1. The molecule has 1 aliphatic rings. The van der Waals surface area contributed by atoms with Crippen molar-refractivity contribution in [2.45, 2.75) is 26.7 Å². The van der Waals surface area contributed by atoms with E-state index in [1.54, 1.807) is 19.2 Å². The van der Waals surface area contributed by atoms with E-state index < -0.39 is 0 Å². The molecule has 2 heterocycles. The summed E-state index contributed by atoms with van der Waals surface area (Å²) in [7, 11) is 1.57. The lowest BCUT2D eigenvalue weighted by Crippen LogP contribution is -2.38. The second kappa shape index (κ2) is 8.29. The van der Waals surface area contributed by atoms with Gasteiger partial charge in [-0.05, 0) is 44.0 Å². The van der Waals surface area contributed by atoms with Crippen LogP contribution in [0.5, 0.6) is 5.75 Å². The lowest BCUT2D eigenvalue weighted by Gasteiger charge is -2.23. The van der Waals surface area contributed by atoms with Gasteiger partial charge in [0.15, 0.2) is 0 Å². The van der Waals surface area contributed by atoms with Crippen LogP contribution < -0.4 is 4.74 Å². The summed E-state index contributed by atoms with van der Waals surface area (Å²) in [5.74, 6) is 0.653. The summed E-state index contributed by atoms with van der Waals surface area (Å²) in [6.45, 7) is 6.40. The van der Waals surface area contributed by atoms with Gasteiger partial charge in [-0.1, -0.05) is 12.1 Å². The number of hydrogen-bond donors (Lipinski definition) is 1. The first kappa shape index (κ1) is 19.0. The molecule has 0 aliphatic carbocycles. The molecule has 1 aliphatic heterocycles. The van der Waals surface area contributed by atoms with E-state index in [0.29, 0.717) is 43.9 Å². The minimum Gasteiger partial charge on any atom is -0.496 e. The molecule has 0 saturated carbocycles. The van der Waals surface area contributed by atoms with Crippen LogP contribution in [0.3, 0.4) is 0 Å². The van der Waals surface area contributed by atoms with E-state index in [1.807, 2.05) is 41.8 Å². The number of nitrogens with zero attached hydrogens (tertiary/aromatic N) is 2. The molecule has 2 amide bonds. The maximum atomic E-state index is 12.9. The molecule has 144 valence electrons. The van der Waals surface area contributed by atoms with Crippen molar-refractivity contribution in [3.05, 3.63) is 52.8 Å². The maximum Gasteiger partial charge on any atom is 0.257 e. The first-order chi connectivity index (χ1) is 13.0. The van der Waals surface area contributed by atoms with E-state index in [1.165, 1.54) is 0 Å². The maximum absolute atomic E-state index is 12.9. The molecule has 0 radical (unpaired) electrons. The smallest absolute Gasteiger partial charge is 0.257 e. The number of nitrogens with one attached hydrogen (secondary N) is 1. The van der Waals surface area contributed by atoms with E-state index in [9.17, 15) is 9.59 Å². The number of carbonyl (C=O) groups excluding carboxylic acids is 2. The number of aryl methyl sites for hydroxylation is 2. The summed E-state index contributed by atoms with van der Waals surface area (Å²) in [5.41, 5.74) is 3.73. The van der Waals surface area contributed by atoms with Crippen molar-refractivity contribution < 1.29 is 14.3 Å². The lowest BCUT2D eigenvalue weighted by atomic mass is 10.1. The number of amides is 2. The van der Waals surface area contributed by atoms with Gasteiger partial charge in [0.25, 0.3) is 5.91 Å². The van der Waals surface area contributed by atoms with Crippen molar-refractivity contribution in [3.63, 3.8) is 0 Å². The van der Waals surface area contributed by atoms with Crippen LogP contribution in [0.15, 0.2) is 30.3 Å². The van der Waals surface area contributed by atoms with E-state index in [-0.39, 0.29) is 11.8 Å². The number of aromatic nitrogens is 1. The molecule has 0 spiro atoms. The Labute approximate surface area is 160 Å². The van der Waals surface area contributed by atoms with Crippen LogP contribution in [0.1, 0.15) is 33.7 Å². The molecule has 1 aromatic carbocycles. The topological polar surface area (TPSA) is 65.6 Å². The summed E-state index contributed by atoms with van der Waals surface area (Å²) in [4.78, 5) is 32.5. The minimum atomic E-state index is -0.0427. The summed E-state index contributed by atoms with van der Waals surface area (Å²) >= 11 is 0. The van der Waals surface area contributed by atoms with E-state index in [4.69, 9.17) is 4.74 Å². The summed E-state index contributed by atoms with van der Waals surface area (Å²) in [6.07, 6.45) is 1.18. The molecule has 6 nitrogen and oxygen atoms in total. The van der Waals surface area contributed by atoms with Crippen molar-refractivity contribution in [3.8, 4) is 5.75 Å². The van der Waals surface area contributed by atoms with Crippen molar-refractivity contribution >= 4 is 11.8 Å². The Morgan fingerprint density at radius 1 is 1.07 bits per heavy atom. The second-order valence-corrected chi connectivity index (χ2v) is 7.01. The molecule has 0 bridgehead atoms. The predicted molar refractivity (Wildman–Crippen MR) is 104 cm³/mol. The highest BCUT2D eigenvalue weighted by Gasteiger charge is 2.24. The summed E-state index contributed by atoms with van der Waals surface area (Å²) in [6, 6.07) is 9.30. The molecule has 1 aromatic heterocycles. The lowest BCUT2D eigenvalue weighted by molar-refractivity contribution is -0.130. The van der Waals surface area contributed by atoms with Gasteiger partial charge in [-0.25, -0.2) is 0 Å². The standard InChI is InChI=1S/C21H27N3O3/c1-15-13-17(16(2)22-15)14-20(25)23-9-6-10-24(12-11-23)21(26)18-7-4-5-8-19(18)27-3/h4-5,7-8,13,22H,6,9-12,14H2,1-3H3. The van der Waals surface area contributed by atoms with Gasteiger partial charge in [0.1, 0.15) is 5.75 Å². The van der Waals surface area contributed by atoms with Gasteiger partial charge in [0.2, 0.25) is 5.91 Å². The average Bonchev–Trinajstić information content (AvgIpc) is 2.87. The third-order valence-electron chi connectivity index (χ3n) is 5.07. The quantitative estimate of drug-likeness (QED) is 0.901. The Morgan fingerprint density at radius 2 is 1.78 bits per heavy atom. The summed E-state index contributed by atoms with van der Waals surface area (Å²) < 4.78 is 5.31. The van der Waals surface area contributed by atoms with E-state index in [2.05, 4.69) is 4.98 Å². The normalized spacial score (nSPS) is 14.8. The van der Waals surface area contributed by atoms with Crippen LogP contribution in [-0.2, 0) is 11.2 Å². The highest BCUT2D eigenvalue weighted by atomic mass is 16.5. The van der Waals surface area contributed by atoms with Gasteiger partial charge in [-0.15, -0.1) is 0 Å². The molecular weight excluding hydrogens is 342 g/mol. The number of para-hydroxylation sites is 1. The molecule has 3 rings (SSSR count). The first-order valence-corrected chi connectivity index (χ1v) is 9.34. The molecule has 0 atom stereocenters.